The second kappa shape index (κ2) is 6.89. The Bertz CT molecular complexity index is 597. The van der Waals surface area contributed by atoms with Crippen LogP contribution in [0.1, 0.15) is 12.0 Å². The van der Waals surface area contributed by atoms with Crippen LogP contribution in [0.15, 0.2) is 29.2 Å². The van der Waals surface area contributed by atoms with E-state index in [1.807, 2.05) is 0 Å². The lowest BCUT2D eigenvalue weighted by Crippen LogP contribution is -2.33. The molecule has 1 aromatic rings. The summed E-state index contributed by atoms with van der Waals surface area (Å²) in [6.45, 7) is -0.461. The van der Waals surface area contributed by atoms with Gasteiger partial charge in [-0.3, -0.25) is 4.79 Å². The lowest BCUT2D eigenvalue weighted by Gasteiger charge is -2.04. The van der Waals surface area contributed by atoms with Gasteiger partial charge in [0.25, 0.3) is 0 Å². The zero-order valence-corrected chi connectivity index (χ0v) is 10.9. The summed E-state index contributed by atoms with van der Waals surface area (Å²) in [6, 6.07) is 5.85. The molecule has 102 valence electrons. The number of carbonyl (C=O) groups excluding carboxylic acids is 1. The fraction of sp³-hybridized carbons (Fsp3) is 0.250. The summed E-state index contributed by atoms with van der Waals surface area (Å²) in [5, 5.41) is 8.57. The van der Waals surface area contributed by atoms with E-state index in [0.29, 0.717) is 12.0 Å². The molecule has 0 saturated carbocycles. The van der Waals surface area contributed by atoms with Crippen LogP contribution >= 0.6 is 0 Å². The second-order valence-electron chi connectivity index (χ2n) is 3.59. The highest BCUT2D eigenvalue weighted by atomic mass is 32.2. The number of amides is 1. The first-order valence-corrected chi connectivity index (χ1v) is 6.92. The third-order valence-electron chi connectivity index (χ3n) is 2.07. The number of rotatable bonds is 5. The Morgan fingerprint density at radius 1 is 1.32 bits per heavy atom. The molecule has 0 unspecified atom stereocenters. The van der Waals surface area contributed by atoms with Crippen LogP contribution in [0.4, 0.5) is 0 Å². The largest absolute Gasteiger partial charge is 0.395 e. The number of hydrogen-bond acceptors (Lipinski definition) is 4. The fourth-order valence-corrected chi connectivity index (χ4v) is 2.18. The fourth-order valence-electron chi connectivity index (χ4n) is 1.19. The van der Waals surface area contributed by atoms with E-state index in [4.69, 9.17) is 10.8 Å². The van der Waals surface area contributed by atoms with Crippen LogP contribution < -0.4 is 10.5 Å². The lowest BCUT2D eigenvalue weighted by molar-refractivity contribution is -0.116. The zero-order chi connectivity index (χ0) is 14.3. The summed E-state index contributed by atoms with van der Waals surface area (Å²) >= 11 is 0. The Morgan fingerprint density at radius 2 is 1.95 bits per heavy atom. The number of aliphatic hydroxyl groups excluding tert-OH is 1. The number of hydrogen-bond donors (Lipinski definition) is 3. The number of nitrogens with one attached hydrogen (secondary N) is 1. The van der Waals surface area contributed by atoms with Gasteiger partial charge in [-0.2, -0.15) is 0 Å². The standard InChI is InChI=1S/C12H14N2O4S/c13-12(16)9-14-19(17,18)11-6-4-10(5-7-11)3-1-2-8-15/h4-7,14-15H,2,8-9H2,(H2,13,16). The van der Waals surface area contributed by atoms with Crippen molar-refractivity contribution in [3.05, 3.63) is 29.8 Å². The predicted molar refractivity (Wildman–Crippen MR) is 69.4 cm³/mol. The molecule has 0 atom stereocenters. The molecule has 0 saturated heterocycles. The van der Waals surface area contributed by atoms with E-state index in [2.05, 4.69) is 16.6 Å². The maximum Gasteiger partial charge on any atom is 0.241 e. The van der Waals surface area contributed by atoms with Crippen LogP contribution in [-0.2, 0) is 14.8 Å². The van der Waals surface area contributed by atoms with Crippen molar-refractivity contribution >= 4 is 15.9 Å². The van der Waals surface area contributed by atoms with Gasteiger partial charge in [0.1, 0.15) is 0 Å². The number of benzene rings is 1. The van der Waals surface area contributed by atoms with Gasteiger partial charge in [0.2, 0.25) is 15.9 Å². The molecule has 6 nitrogen and oxygen atoms in total. The number of carbonyl (C=O) groups is 1. The number of aliphatic hydroxyl groups is 1. The van der Waals surface area contributed by atoms with Crippen LogP contribution in [0.25, 0.3) is 0 Å². The Hall–Kier alpha value is -1.88. The molecule has 0 heterocycles. The van der Waals surface area contributed by atoms with Crippen molar-refractivity contribution in [2.45, 2.75) is 11.3 Å². The highest BCUT2D eigenvalue weighted by Gasteiger charge is 2.13. The van der Waals surface area contributed by atoms with Crippen molar-refractivity contribution in [3.63, 3.8) is 0 Å². The monoisotopic (exact) mass is 282 g/mol. The SMILES string of the molecule is NC(=O)CNS(=O)(=O)c1ccc(C#CCCO)cc1. The Balaban J connectivity index is 2.81. The first-order valence-electron chi connectivity index (χ1n) is 5.43. The quantitative estimate of drug-likeness (QED) is 0.613. The normalized spacial score (nSPS) is 10.6. The Labute approximate surface area is 111 Å². The van der Waals surface area contributed by atoms with E-state index in [0.717, 1.165) is 0 Å². The predicted octanol–water partition coefficient (Wildman–Crippen LogP) is -0.816. The van der Waals surface area contributed by atoms with Crippen LogP contribution in [0.2, 0.25) is 0 Å². The molecule has 0 bridgehead atoms. The van der Waals surface area contributed by atoms with E-state index < -0.39 is 22.5 Å². The minimum absolute atomic E-state index is 0.0174. The van der Waals surface area contributed by atoms with Crippen molar-refractivity contribution in [2.75, 3.05) is 13.2 Å². The third-order valence-corrected chi connectivity index (χ3v) is 3.49. The number of sulfonamides is 1. The van der Waals surface area contributed by atoms with Gasteiger partial charge in [0.15, 0.2) is 0 Å². The lowest BCUT2D eigenvalue weighted by atomic mass is 10.2. The average molecular weight is 282 g/mol. The maximum atomic E-state index is 11.7. The van der Waals surface area contributed by atoms with Gasteiger partial charge in [0, 0.05) is 12.0 Å². The van der Waals surface area contributed by atoms with E-state index in [-0.39, 0.29) is 11.5 Å². The maximum absolute atomic E-state index is 11.7. The van der Waals surface area contributed by atoms with Crippen LogP contribution in [-0.4, -0.2) is 32.6 Å². The highest BCUT2D eigenvalue weighted by molar-refractivity contribution is 7.89. The molecule has 0 aliphatic carbocycles. The van der Waals surface area contributed by atoms with E-state index >= 15 is 0 Å². The molecular formula is C12H14N2O4S. The molecule has 7 heteroatoms. The van der Waals surface area contributed by atoms with Crippen molar-refractivity contribution in [3.8, 4) is 11.8 Å². The Kier molecular flexibility index (Phi) is 5.51. The number of primary amides is 1. The van der Waals surface area contributed by atoms with Crippen molar-refractivity contribution in [2.24, 2.45) is 5.73 Å². The molecule has 1 amide bonds. The van der Waals surface area contributed by atoms with Gasteiger partial charge in [-0.1, -0.05) is 11.8 Å². The Morgan fingerprint density at radius 3 is 2.47 bits per heavy atom. The summed E-state index contributed by atoms with van der Waals surface area (Å²) in [5.74, 6) is 4.74. The van der Waals surface area contributed by atoms with Crippen molar-refractivity contribution < 1.29 is 18.3 Å². The minimum Gasteiger partial charge on any atom is -0.395 e. The molecule has 4 N–H and O–H groups in total. The molecule has 0 fully saturated rings. The molecule has 0 aliphatic heterocycles. The summed E-state index contributed by atoms with van der Waals surface area (Å²) in [4.78, 5) is 10.6. The molecule has 1 rings (SSSR count). The van der Waals surface area contributed by atoms with E-state index in [9.17, 15) is 13.2 Å². The molecule has 0 spiro atoms. The van der Waals surface area contributed by atoms with Gasteiger partial charge >= 0.3 is 0 Å². The summed E-state index contributed by atoms with van der Waals surface area (Å²) in [7, 11) is -3.74. The minimum atomic E-state index is -3.74. The summed E-state index contributed by atoms with van der Waals surface area (Å²) in [6.07, 6.45) is 0.361. The second-order valence-corrected chi connectivity index (χ2v) is 5.36. The average Bonchev–Trinajstić information content (AvgIpc) is 2.37. The number of nitrogens with two attached hydrogens (primary N) is 1. The molecule has 1 aromatic carbocycles. The van der Waals surface area contributed by atoms with Gasteiger partial charge in [-0.15, -0.1) is 0 Å². The summed E-state index contributed by atoms with van der Waals surface area (Å²) in [5.41, 5.74) is 5.51. The van der Waals surface area contributed by atoms with Crippen molar-refractivity contribution in [1.82, 2.24) is 4.72 Å². The first kappa shape index (κ1) is 15.2. The molecule has 0 aliphatic rings. The van der Waals surface area contributed by atoms with Gasteiger partial charge in [-0.25, -0.2) is 13.1 Å². The van der Waals surface area contributed by atoms with Crippen LogP contribution in [0.5, 0.6) is 0 Å². The topological polar surface area (TPSA) is 109 Å². The van der Waals surface area contributed by atoms with E-state index in [1.54, 1.807) is 12.1 Å². The van der Waals surface area contributed by atoms with Gasteiger partial charge in [-0.05, 0) is 24.3 Å². The van der Waals surface area contributed by atoms with Crippen LogP contribution in [0, 0.1) is 11.8 Å². The molecule has 19 heavy (non-hydrogen) atoms. The summed E-state index contributed by atoms with van der Waals surface area (Å²) < 4.78 is 25.5. The van der Waals surface area contributed by atoms with E-state index in [1.165, 1.54) is 12.1 Å². The first-order chi connectivity index (χ1) is 8.95. The zero-order valence-electron chi connectivity index (χ0n) is 10.1. The molecule has 0 aromatic heterocycles. The molecule has 0 radical (unpaired) electrons. The van der Waals surface area contributed by atoms with Gasteiger partial charge in [0.05, 0.1) is 18.0 Å². The van der Waals surface area contributed by atoms with Crippen LogP contribution in [0.3, 0.4) is 0 Å². The highest BCUT2D eigenvalue weighted by Crippen LogP contribution is 2.09. The molecular weight excluding hydrogens is 268 g/mol. The smallest absolute Gasteiger partial charge is 0.241 e. The van der Waals surface area contributed by atoms with Gasteiger partial charge < -0.3 is 10.8 Å². The third kappa shape index (κ3) is 5.09. The van der Waals surface area contributed by atoms with Crippen molar-refractivity contribution in [1.29, 1.82) is 0 Å².